The number of hydrogen-bond acceptors (Lipinski definition) is 3. The number of nitrogens with zero attached hydrogens (tertiary/aromatic N) is 1. The molecule has 0 fully saturated rings. The van der Waals surface area contributed by atoms with Gasteiger partial charge in [-0.3, -0.25) is 0 Å². The SMILES string of the molecule is COc1cccc(CC(N)=NO)c1. The van der Waals surface area contributed by atoms with Crippen molar-refractivity contribution in [2.24, 2.45) is 10.9 Å². The fraction of sp³-hybridized carbons (Fsp3) is 0.222. The normalized spacial score (nSPS) is 11.3. The van der Waals surface area contributed by atoms with Crippen LogP contribution < -0.4 is 10.5 Å². The van der Waals surface area contributed by atoms with Crippen LogP contribution in [0.1, 0.15) is 5.56 Å². The van der Waals surface area contributed by atoms with Crippen molar-refractivity contribution in [1.82, 2.24) is 0 Å². The van der Waals surface area contributed by atoms with Crippen molar-refractivity contribution in [3.8, 4) is 5.75 Å². The molecule has 4 nitrogen and oxygen atoms in total. The monoisotopic (exact) mass is 180 g/mol. The summed E-state index contributed by atoms with van der Waals surface area (Å²) >= 11 is 0. The van der Waals surface area contributed by atoms with Crippen molar-refractivity contribution in [2.75, 3.05) is 7.11 Å². The third-order valence-corrected chi connectivity index (χ3v) is 1.65. The molecule has 0 heterocycles. The molecule has 0 aliphatic carbocycles. The summed E-state index contributed by atoms with van der Waals surface area (Å²) in [5.41, 5.74) is 6.31. The molecule has 4 heteroatoms. The third-order valence-electron chi connectivity index (χ3n) is 1.65. The minimum absolute atomic E-state index is 0.188. The number of methoxy groups -OCH3 is 1. The number of hydrogen-bond donors (Lipinski definition) is 2. The van der Waals surface area contributed by atoms with Gasteiger partial charge in [0.05, 0.1) is 7.11 Å². The molecule has 0 unspecified atom stereocenters. The van der Waals surface area contributed by atoms with Crippen LogP contribution in [0.3, 0.4) is 0 Å². The van der Waals surface area contributed by atoms with Gasteiger partial charge in [-0.05, 0) is 17.7 Å². The Bertz CT molecular complexity index is 310. The molecule has 0 aromatic heterocycles. The highest BCUT2D eigenvalue weighted by Crippen LogP contribution is 2.12. The Morgan fingerprint density at radius 1 is 1.62 bits per heavy atom. The first-order valence-electron chi connectivity index (χ1n) is 3.85. The summed E-state index contributed by atoms with van der Waals surface area (Å²) in [6.45, 7) is 0. The number of nitrogens with two attached hydrogens (primary N) is 1. The number of ether oxygens (including phenoxy) is 1. The second-order valence-corrected chi connectivity index (χ2v) is 2.62. The predicted octanol–water partition coefficient (Wildman–Crippen LogP) is 0.984. The van der Waals surface area contributed by atoms with Gasteiger partial charge >= 0.3 is 0 Å². The van der Waals surface area contributed by atoms with E-state index in [0.717, 1.165) is 11.3 Å². The molecule has 0 radical (unpaired) electrons. The van der Waals surface area contributed by atoms with E-state index in [1.165, 1.54) is 0 Å². The van der Waals surface area contributed by atoms with Crippen LogP contribution >= 0.6 is 0 Å². The highest BCUT2D eigenvalue weighted by molar-refractivity contribution is 5.82. The Morgan fingerprint density at radius 2 is 2.38 bits per heavy atom. The molecule has 0 spiro atoms. The van der Waals surface area contributed by atoms with Gasteiger partial charge in [-0.15, -0.1) is 0 Å². The van der Waals surface area contributed by atoms with Crippen molar-refractivity contribution in [2.45, 2.75) is 6.42 Å². The van der Waals surface area contributed by atoms with Crippen LogP contribution in [0, 0.1) is 0 Å². The van der Waals surface area contributed by atoms with Crippen molar-refractivity contribution in [3.63, 3.8) is 0 Å². The molecule has 0 bridgehead atoms. The standard InChI is InChI=1S/C9H12N2O2/c1-13-8-4-2-3-7(5-8)6-9(10)11-12/h2-5,12H,6H2,1H3,(H2,10,11). The van der Waals surface area contributed by atoms with Crippen LogP contribution in [0.5, 0.6) is 5.75 Å². The van der Waals surface area contributed by atoms with Gasteiger partial charge in [-0.2, -0.15) is 0 Å². The molecule has 1 rings (SSSR count). The Morgan fingerprint density at radius 3 is 3.00 bits per heavy atom. The average Bonchev–Trinajstić information content (AvgIpc) is 2.18. The van der Waals surface area contributed by atoms with E-state index in [0.29, 0.717) is 6.42 Å². The molecular formula is C9H12N2O2. The second-order valence-electron chi connectivity index (χ2n) is 2.62. The van der Waals surface area contributed by atoms with Crippen LogP contribution in [-0.4, -0.2) is 18.2 Å². The zero-order valence-electron chi connectivity index (χ0n) is 7.40. The molecule has 0 saturated carbocycles. The summed E-state index contributed by atoms with van der Waals surface area (Å²) in [5.74, 6) is 0.955. The molecule has 3 N–H and O–H groups in total. The molecule has 13 heavy (non-hydrogen) atoms. The van der Waals surface area contributed by atoms with Crippen LogP contribution in [0.2, 0.25) is 0 Å². The van der Waals surface area contributed by atoms with Gasteiger partial charge in [0.25, 0.3) is 0 Å². The zero-order chi connectivity index (χ0) is 9.68. The van der Waals surface area contributed by atoms with E-state index in [-0.39, 0.29) is 5.84 Å². The maximum atomic E-state index is 8.35. The fourth-order valence-corrected chi connectivity index (χ4v) is 1.03. The Hall–Kier alpha value is -1.71. The van der Waals surface area contributed by atoms with E-state index < -0.39 is 0 Å². The van der Waals surface area contributed by atoms with Crippen LogP contribution in [0.4, 0.5) is 0 Å². The molecule has 0 amide bonds. The van der Waals surface area contributed by atoms with Crippen LogP contribution in [0.15, 0.2) is 29.4 Å². The van der Waals surface area contributed by atoms with E-state index in [1.54, 1.807) is 7.11 Å². The summed E-state index contributed by atoms with van der Waals surface area (Å²) in [4.78, 5) is 0. The lowest BCUT2D eigenvalue weighted by Gasteiger charge is -2.02. The maximum Gasteiger partial charge on any atom is 0.143 e. The number of amidine groups is 1. The number of rotatable bonds is 3. The lowest BCUT2D eigenvalue weighted by atomic mass is 10.1. The van der Waals surface area contributed by atoms with E-state index in [1.807, 2.05) is 24.3 Å². The highest BCUT2D eigenvalue weighted by Gasteiger charge is 1.98. The quantitative estimate of drug-likeness (QED) is 0.315. The summed E-state index contributed by atoms with van der Waals surface area (Å²) in [5, 5.41) is 11.2. The van der Waals surface area contributed by atoms with Gasteiger partial charge in [0.1, 0.15) is 11.6 Å². The number of oxime groups is 1. The molecule has 1 aromatic rings. The summed E-state index contributed by atoms with van der Waals surface area (Å²) in [6.07, 6.45) is 0.424. The van der Waals surface area contributed by atoms with E-state index in [4.69, 9.17) is 15.7 Å². The summed E-state index contributed by atoms with van der Waals surface area (Å²) in [6, 6.07) is 7.44. The molecule has 0 saturated heterocycles. The molecule has 0 aliphatic heterocycles. The first-order valence-corrected chi connectivity index (χ1v) is 3.85. The van der Waals surface area contributed by atoms with Gasteiger partial charge in [-0.1, -0.05) is 17.3 Å². The van der Waals surface area contributed by atoms with E-state index >= 15 is 0 Å². The summed E-state index contributed by atoms with van der Waals surface area (Å²) < 4.78 is 5.03. The van der Waals surface area contributed by atoms with Gasteiger partial charge in [-0.25, -0.2) is 0 Å². The Balaban J connectivity index is 2.77. The largest absolute Gasteiger partial charge is 0.497 e. The van der Waals surface area contributed by atoms with Gasteiger partial charge in [0.2, 0.25) is 0 Å². The highest BCUT2D eigenvalue weighted by atomic mass is 16.5. The van der Waals surface area contributed by atoms with Crippen LogP contribution in [0.25, 0.3) is 0 Å². The second kappa shape index (κ2) is 4.35. The topological polar surface area (TPSA) is 67.8 Å². The van der Waals surface area contributed by atoms with Gasteiger partial charge < -0.3 is 15.7 Å². The van der Waals surface area contributed by atoms with E-state index in [9.17, 15) is 0 Å². The first kappa shape index (κ1) is 9.38. The minimum Gasteiger partial charge on any atom is -0.497 e. The Labute approximate surface area is 76.6 Å². The minimum atomic E-state index is 0.188. The number of benzene rings is 1. The third kappa shape index (κ3) is 2.66. The fourth-order valence-electron chi connectivity index (χ4n) is 1.03. The van der Waals surface area contributed by atoms with Crippen molar-refractivity contribution >= 4 is 5.84 Å². The lowest BCUT2D eigenvalue weighted by Crippen LogP contribution is -2.14. The van der Waals surface area contributed by atoms with Crippen LogP contribution in [-0.2, 0) is 6.42 Å². The van der Waals surface area contributed by atoms with Crippen molar-refractivity contribution in [1.29, 1.82) is 0 Å². The molecule has 0 aliphatic rings. The average molecular weight is 180 g/mol. The molecule has 1 aromatic carbocycles. The smallest absolute Gasteiger partial charge is 0.143 e. The van der Waals surface area contributed by atoms with Gasteiger partial charge in [0, 0.05) is 6.42 Å². The summed E-state index contributed by atoms with van der Waals surface area (Å²) in [7, 11) is 1.60. The zero-order valence-corrected chi connectivity index (χ0v) is 7.40. The Kier molecular flexibility index (Phi) is 3.14. The molecule has 70 valence electrons. The van der Waals surface area contributed by atoms with Gasteiger partial charge in [0.15, 0.2) is 0 Å². The molecular weight excluding hydrogens is 168 g/mol. The lowest BCUT2D eigenvalue weighted by molar-refractivity contribution is 0.317. The molecule has 0 atom stereocenters. The maximum absolute atomic E-state index is 8.35. The van der Waals surface area contributed by atoms with E-state index in [2.05, 4.69) is 5.16 Å². The first-order chi connectivity index (χ1) is 6.26. The van der Waals surface area contributed by atoms with Crippen molar-refractivity contribution < 1.29 is 9.94 Å². The predicted molar refractivity (Wildman–Crippen MR) is 50.1 cm³/mol. The van der Waals surface area contributed by atoms with Crippen molar-refractivity contribution in [3.05, 3.63) is 29.8 Å².